The molecule has 1 aromatic heterocycles. The zero-order chi connectivity index (χ0) is 18.7. The Hall–Kier alpha value is -1.89. The van der Waals surface area contributed by atoms with Crippen LogP contribution in [-0.4, -0.2) is 38.6 Å². The summed E-state index contributed by atoms with van der Waals surface area (Å²) in [6.45, 7) is 1.95. The molecule has 6 heteroatoms. The number of hydrogen-bond acceptors (Lipinski definition) is 5. The molecule has 2 heterocycles. The Morgan fingerprint density at radius 1 is 1.11 bits per heavy atom. The van der Waals surface area contributed by atoms with E-state index in [1.54, 1.807) is 24.5 Å². The van der Waals surface area contributed by atoms with Crippen LogP contribution in [0.25, 0.3) is 0 Å². The van der Waals surface area contributed by atoms with Gasteiger partial charge in [-0.15, -0.1) is 11.3 Å². The van der Waals surface area contributed by atoms with E-state index in [0.29, 0.717) is 31.1 Å². The first-order valence-electron chi connectivity index (χ1n) is 9.40. The average molecular weight is 388 g/mol. The summed E-state index contributed by atoms with van der Waals surface area (Å²) in [5.74, 6) is 0.0838. The fourth-order valence-corrected chi connectivity index (χ4v) is 5.15. The van der Waals surface area contributed by atoms with Crippen molar-refractivity contribution in [3.8, 4) is 5.75 Å². The number of para-hydroxylation sites is 1. The maximum atomic E-state index is 12.8. The zero-order valence-electron chi connectivity index (χ0n) is 15.5. The van der Waals surface area contributed by atoms with Crippen molar-refractivity contribution in [3.05, 3.63) is 52.2 Å². The monoisotopic (exact) mass is 387 g/mol. The van der Waals surface area contributed by atoms with E-state index in [1.807, 2.05) is 18.2 Å². The molecule has 1 saturated carbocycles. The van der Waals surface area contributed by atoms with Crippen LogP contribution in [0.5, 0.6) is 5.75 Å². The lowest BCUT2D eigenvalue weighted by Gasteiger charge is -2.43. The number of thiophene rings is 1. The first-order valence-corrected chi connectivity index (χ1v) is 10.3. The Bertz CT molecular complexity index is 773. The summed E-state index contributed by atoms with van der Waals surface area (Å²) in [5, 5.41) is 5.26. The number of rotatable bonds is 5. The van der Waals surface area contributed by atoms with Gasteiger partial charge < -0.3 is 19.5 Å². The minimum Gasteiger partial charge on any atom is -0.496 e. The Morgan fingerprint density at radius 2 is 1.85 bits per heavy atom. The summed E-state index contributed by atoms with van der Waals surface area (Å²) in [6, 6.07) is 11.6. The quantitative estimate of drug-likeness (QED) is 0.849. The third kappa shape index (κ3) is 3.61. The molecule has 4 rings (SSSR count). The van der Waals surface area contributed by atoms with Crippen molar-refractivity contribution in [3.63, 3.8) is 0 Å². The van der Waals surface area contributed by atoms with E-state index in [0.717, 1.165) is 25.7 Å². The highest BCUT2D eigenvalue weighted by Gasteiger charge is 2.47. The second kappa shape index (κ2) is 7.62. The summed E-state index contributed by atoms with van der Waals surface area (Å²) in [5.41, 5.74) is 0.489. The molecular formula is C21H25NO4S. The van der Waals surface area contributed by atoms with E-state index in [4.69, 9.17) is 14.2 Å². The molecule has 0 radical (unpaired) electrons. The first-order chi connectivity index (χ1) is 13.2. The minimum atomic E-state index is -0.409. The molecule has 1 aromatic carbocycles. The topological polar surface area (TPSA) is 56.8 Å². The predicted molar refractivity (Wildman–Crippen MR) is 104 cm³/mol. The Labute approximate surface area is 163 Å². The van der Waals surface area contributed by atoms with Gasteiger partial charge in [0.25, 0.3) is 5.91 Å². The Balaban J connectivity index is 1.50. The van der Waals surface area contributed by atoms with Gasteiger partial charge in [-0.2, -0.15) is 0 Å². The molecule has 5 nitrogen and oxygen atoms in total. The van der Waals surface area contributed by atoms with Gasteiger partial charge in [-0.05, 0) is 36.4 Å². The van der Waals surface area contributed by atoms with Crippen LogP contribution < -0.4 is 10.1 Å². The number of hydrogen-bond donors (Lipinski definition) is 1. The van der Waals surface area contributed by atoms with Crippen molar-refractivity contribution in [2.45, 2.75) is 36.9 Å². The van der Waals surface area contributed by atoms with Crippen LogP contribution in [0.3, 0.4) is 0 Å². The highest BCUT2D eigenvalue weighted by Crippen LogP contribution is 2.47. The second-order valence-corrected chi connectivity index (χ2v) is 8.20. The van der Waals surface area contributed by atoms with Gasteiger partial charge in [0.1, 0.15) is 5.75 Å². The average Bonchev–Trinajstić information content (AvgIpc) is 3.41. The van der Waals surface area contributed by atoms with Crippen molar-refractivity contribution >= 4 is 17.2 Å². The van der Waals surface area contributed by atoms with Gasteiger partial charge in [0, 0.05) is 29.7 Å². The van der Waals surface area contributed by atoms with Crippen LogP contribution in [0.2, 0.25) is 0 Å². The van der Waals surface area contributed by atoms with Gasteiger partial charge in [-0.25, -0.2) is 0 Å². The largest absolute Gasteiger partial charge is 0.496 e. The molecule has 144 valence electrons. The van der Waals surface area contributed by atoms with Crippen LogP contribution >= 0.6 is 11.3 Å². The van der Waals surface area contributed by atoms with E-state index in [-0.39, 0.29) is 11.3 Å². The van der Waals surface area contributed by atoms with Gasteiger partial charge >= 0.3 is 0 Å². The lowest BCUT2D eigenvalue weighted by molar-refractivity contribution is -0.184. The standard InChI is InChI=1S/C21H25NO4S/c1-24-17-6-3-2-5-16(17)19(23)22-15-20(18-7-4-14-27-18)8-10-21(11-9-20)25-12-13-26-21/h2-7,14H,8-13,15H2,1H3,(H,22,23). The molecule has 0 unspecified atom stereocenters. The number of benzene rings is 1. The molecule has 0 atom stereocenters. The molecular weight excluding hydrogens is 362 g/mol. The van der Waals surface area contributed by atoms with Crippen molar-refractivity contribution < 1.29 is 19.0 Å². The third-order valence-electron chi connectivity index (χ3n) is 5.77. The number of methoxy groups -OCH3 is 1. The highest BCUT2D eigenvalue weighted by molar-refractivity contribution is 7.10. The van der Waals surface area contributed by atoms with Crippen molar-refractivity contribution in [1.82, 2.24) is 5.32 Å². The number of nitrogens with one attached hydrogen (secondary N) is 1. The Kier molecular flexibility index (Phi) is 5.21. The fourth-order valence-electron chi connectivity index (χ4n) is 4.16. The summed E-state index contributed by atoms with van der Waals surface area (Å²) < 4.78 is 17.1. The number of carbonyl (C=O) groups is 1. The van der Waals surface area contributed by atoms with E-state index in [9.17, 15) is 4.79 Å². The zero-order valence-corrected chi connectivity index (χ0v) is 16.3. The maximum Gasteiger partial charge on any atom is 0.255 e. The number of amides is 1. The van der Waals surface area contributed by atoms with Crippen molar-refractivity contribution in [1.29, 1.82) is 0 Å². The number of ether oxygens (including phenoxy) is 3. The molecule has 2 fully saturated rings. The first kappa shape index (κ1) is 18.5. The van der Waals surface area contributed by atoms with Crippen molar-refractivity contribution in [2.75, 3.05) is 26.9 Å². The van der Waals surface area contributed by atoms with E-state index < -0.39 is 5.79 Å². The van der Waals surface area contributed by atoms with Gasteiger partial charge in [0.15, 0.2) is 5.79 Å². The smallest absolute Gasteiger partial charge is 0.255 e. The maximum absolute atomic E-state index is 12.8. The van der Waals surface area contributed by atoms with E-state index in [1.165, 1.54) is 4.88 Å². The van der Waals surface area contributed by atoms with Crippen LogP contribution in [0, 0.1) is 0 Å². The molecule has 1 spiro atoms. The summed E-state index contributed by atoms with van der Waals surface area (Å²) in [7, 11) is 1.58. The SMILES string of the molecule is COc1ccccc1C(=O)NCC1(c2cccs2)CCC2(CC1)OCCO2. The molecule has 1 saturated heterocycles. The summed E-state index contributed by atoms with van der Waals surface area (Å²) >= 11 is 1.76. The third-order valence-corrected chi connectivity index (χ3v) is 6.88. The van der Waals surface area contributed by atoms with E-state index in [2.05, 4.69) is 22.8 Å². The number of carbonyl (C=O) groups excluding carboxylic acids is 1. The summed E-state index contributed by atoms with van der Waals surface area (Å²) in [4.78, 5) is 14.1. The van der Waals surface area contributed by atoms with Gasteiger partial charge in [0.05, 0.1) is 25.9 Å². The molecule has 1 aliphatic heterocycles. The van der Waals surface area contributed by atoms with Gasteiger partial charge in [-0.1, -0.05) is 18.2 Å². The highest BCUT2D eigenvalue weighted by atomic mass is 32.1. The van der Waals surface area contributed by atoms with Gasteiger partial charge in [0.2, 0.25) is 0 Å². The van der Waals surface area contributed by atoms with Crippen LogP contribution in [-0.2, 0) is 14.9 Å². The van der Waals surface area contributed by atoms with Crippen molar-refractivity contribution in [2.24, 2.45) is 0 Å². The molecule has 1 aliphatic carbocycles. The fraction of sp³-hybridized carbons (Fsp3) is 0.476. The lowest BCUT2D eigenvalue weighted by Crippen LogP contribution is -2.47. The summed E-state index contributed by atoms with van der Waals surface area (Å²) in [6.07, 6.45) is 3.57. The van der Waals surface area contributed by atoms with Crippen LogP contribution in [0.1, 0.15) is 40.9 Å². The molecule has 0 bridgehead atoms. The molecule has 2 aliphatic rings. The molecule has 2 aromatic rings. The second-order valence-electron chi connectivity index (χ2n) is 7.25. The molecule has 1 amide bonds. The lowest BCUT2D eigenvalue weighted by atomic mass is 9.70. The van der Waals surface area contributed by atoms with Crippen LogP contribution in [0.15, 0.2) is 41.8 Å². The Morgan fingerprint density at radius 3 is 2.52 bits per heavy atom. The van der Waals surface area contributed by atoms with Gasteiger partial charge in [-0.3, -0.25) is 4.79 Å². The predicted octanol–water partition coefficient (Wildman–Crippen LogP) is 3.74. The molecule has 27 heavy (non-hydrogen) atoms. The van der Waals surface area contributed by atoms with Crippen LogP contribution in [0.4, 0.5) is 0 Å². The van der Waals surface area contributed by atoms with E-state index >= 15 is 0 Å². The minimum absolute atomic E-state index is 0.0770. The normalized spacial score (nSPS) is 20.5. The molecule has 1 N–H and O–H groups in total.